The van der Waals surface area contributed by atoms with Crippen molar-refractivity contribution in [2.24, 2.45) is 0 Å². The van der Waals surface area contributed by atoms with Gasteiger partial charge < -0.3 is 4.98 Å². The molecule has 3 rings (SSSR count). The number of aromatic amines is 1. The van der Waals surface area contributed by atoms with Gasteiger partial charge in [0.2, 0.25) is 0 Å². The van der Waals surface area contributed by atoms with Gasteiger partial charge in [-0.15, -0.1) is 0 Å². The predicted molar refractivity (Wildman–Crippen MR) is 70.1 cm³/mol. The second-order valence-corrected chi connectivity index (χ2v) is 4.21. The molecule has 0 saturated carbocycles. The number of pyridine rings is 1. The number of hydrogen-bond donors (Lipinski definition) is 1. The standard InChI is InChI=1S/C13H8FN3S/c14-10-7-16-13(18)17-12(10)9-4-3-8-2-1-5-15-11(8)6-9/h1-7H,(H,16,17,18). The average Bonchev–Trinajstić information content (AvgIpc) is 2.41. The van der Waals surface area contributed by atoms with E-state index in [-0.39, 0.29) is 4.77 Å². The maximum Gasteiger partial charge on any atom is 0.197 e. The zero-order chi connectivity index (χ0) is 12.5. The molecule has 0 atom stereocenters. The zero-order valence-corrected chi connectivity index (χ0v) is 10.0. The number of nitrogens with zero attached hydrogens (tertiary/aromatic N) is 2. The van der Waals surface area contributed by atoms with Gasteiger partial charge >= 0.3 is 0 Å². The third-order valence-electron chi connectivity index (χ3n) is 2.66. The maximum absolute atomic E-state index is 13.7. The molecule has 3 aromatic rings. The molecule has 0 bridgehead atoms. The second-order valence-electron chi connectivity index (χ2n) is 3.82. The molecule has 3 nitrogen and oxygen atoms in total. The van der Waals surface area contributed by atoms with E-state index in [4.69, 9.17) is 12.2 Å². The fourth-order valence-corrected chi connectivity index (χ4v) is 1.97. The smallest absolute Gasteiger partial charge is 0.197 e. The Hall–Kier alpha value is -2.14. The molecule has 5 heteroatoms. The highest BCUT2D eigenvalue weighted by atomic mass is 32.1. The molecule has 1 aromatic carbocycles. The molecule has 0 radical (unpaired) electrons. The van der Waals surface area contributed by atoms with Crippen LogP contribution in [0.25, 0.3) is 22.2 Å². The van der Waals surface area contributed by atoms with E-state index in [0.717, 1.165) is 17.1 Å². The van der Waals surface area contributed by atoms with Crippen LogP contribution in [-0.4, -0.2) is 15.0 Å². The normalized spacial score (nSPS) is 10.7. The van der Waals surface area contributed by atoms with Crippen LogP contribution in [0.5, 0.6) is 0 Å². The molecule has 18 heavy (non-hydrogen) atoms. The highest BCUT2D eigenvalue weighted by Crippen LogP contribution is 2.23. The second kappa shape index (κ2) is 4.27. The Morgan fingerprint density at radius 3 is 2.94 bits per heavy atom. The van der Waals surface area contributed by atoms with Gasteiger partial charge in [-0.05, 0) is 24.4 Å². The lowest BCUT2D eigenvalue weighted by Gasteiger charge is -2.04. The Kier molecular flexibility index (Phi) is 2.60. The molecule has 1 N–H and O–H groups in total. The third kappa shape index (κ3) is 1.89. The number of hydrogen-bond acceptors (Lipinski definition) is 3. The van der Waals surface area contributed by atoms with E-state index in [9.17, 15) is 4.39 Å². The molecule has 0 fully saturated rings. The lowest BCUT2D eigenvalue weighted by Crippen LogP contribution is -1.92. The van der Waals surface area contributed by atoms with Crippen molar-refractivity contribution in [3.05, 3.63) is 53.3 Å². The molecule has 0 saturated heterocycles. The fourth-order valence-electron chi connectivity index (χ4n) is 1.81. The molecular weight excluding hydrogens is 249 g/mol. The predicted octanol–water partition coefficient (Wildman–Crippen LogP) is 3.49. The largest absolute Gasteiger partial charge is 0.328 e. The first-order valence-corrected chi connectivity index (χ1v) is 5.75. The topological polar surface area (TPSA) is 41.6 Å². The summed E-state index contributed by atoms with van der Waals surface area (Å²) in [5.41, 5.74) is 1.85. The summed E-state index contributed by atoms with van der Waals surface area (Å²) in [5, 5.41) is 1.01. The van der Waals surface area contributed by atoms with Crippen LogP contribution < -0.4 is 0 Å². The van der Waals surface area contributed by atoms with Crippen LogP contribution in [0.4, 0.5) is 4.39 Å². The van der Waals surface area contributed by atoms with Crippen LogP contribution in [0.3, 0.4) is 0 Å². The van der Waals surface area contributed by atoms with Crippen molar-refractivity contribution in [1.82, 2.24) is 15.0 Å². The lowest BCUT2D eigenvalue weighted by molar-refractivity contribution is 0.617. The molecule has 88 valence electrons. The van der Waals surface area contributed by atoms with Crippen LogP contribution in [0, 0.1) is 10.6 Å². The van der Waals surface area contributed by atoms with E-state index in [0.29, 0.717) is 11.3 Å². The van der Waals surface area contributed by atoms with Crippen molar-refractivity contribution >= 4 is 23.1 Å². The van der Waals surface area contributed by atoms with Gasteiger partial charge in [0, 0.05) is 17.1 Å². The Morgan fingerprint density at radius 2 is 2.06 bits per heavy atom. The summed E-state index contributed by atoms with van der Waals surface area (Å²) in [6.07, 6.45) is 2.83. The van der Waals surface area contributed by atoms with Crippen LogP contribution >= 0.6 is 12.2 Å². The molecule has 2 aromatic heterocycles. The summed E-state index contributed by atoms with van der Waals surface area (Å²) in [6, 6.07) is 9.36. The first-order chi connectivity index (χ1) is 8.74. The number of aromatic nitrogens is 3. The number of rotatable bonds is 1. The van der Waals surface area contributed by atoms with E-state index < -0.39 is 5.82 Å². The summed E-state index contributed by atoms with van der Waals surface area (Å²) in [6.45, 7) is 0. The summed E-state index contributed by atoms with van der Waals surface area (Å²) in [5.74, 6) is -0.432. The number of halogens is 1. The van der Waals surface area contributed by atoms with Gasteiger partial charge in [0.25, 0.3) is 0 Å². The summed E-state index contributed by atoms with van der Waals surface area (Å²) in [7, 11) is 0. The van der Waals surface area contributed by atoms with Crippen molar-refractivity contribution in [3.63, 3.8) is 0 Å². The fraction of sp³-hybridized carbons (Fsp3) is 0. The van der Waals surface area contributed by atoms with E-state index in [2.05, 4.69) is 15.0 Å². The van der Waals surface area contributed by atoms with Crippen LogP contribution in [0.2, 0.25) is 0 Å². The molecule has 0 aliphatic carbocycles. The van der Waals surface area contributed by atoms with Crippen LogP contribution in [0.1, 0.15) is 0 Å². The number of nitrogens with one attached hydrogen (secondary N) is 1. The summed E-state index contributed by atoms with van der Waals surface area (Å²) < 4.78 is 14.0. The minimum atomic E-state index is -0.432. The van der Waals surface area contributed by atoms with E-state index in [1.54, 1.807) is 6.20 Å². The van der Waals surface area contributed by atoms with Gasteiger partial charge in [-0.3, -0.25) is 4.98 Å². The molecule has 2 heterocycles. The van der Waals surface area contributed by atoms with Gasteiger partial charge in [-0.25, -0.2) is 9.37 Å². The van der Waals surface area contributed by atoms with Crippen molar-refractivity contribution in [1.29, 1.82) is 0 Å². The minimum absolute atomic E-state index is 0.257. The maximum atomic E-state index is 13.7. The molecule has 0 unspecified atom stereocenters. The van der Waals surface area contributed by atoms with Gasteiger partial charge in [0.1, 0.15) is 0 Å². The Labute approximate surface area is 107 Å². The van der Waals surface area contributed by atoms with E-state index >= 15 is 0 Å². The van der Waals surface area contributed by atoms with Crippen molar-refractivity contribution in [3.8, 4) is 11.3 Å². The monoisotopic (exact) mass is 257 g/mol. The number of fused-ring (bicyclic) bond motifs is 1. The van der Waals surface area contributed by atoms with Gasteiger partial charge in [-0.1, -0.05) is 18.2 Å². The van der Waals surface area contributed by atoms with Crippen LogP contribution in [0.15, 0.2) is 42.7 Å². The molecular formula is C13H8FN3S. The molecule has 0 amide bonds. The van der Waals surface area contributed by atoms with Crippen LogP contribution in [-0.2, 0) is 0 Å². The van der Waals surface area contributed by atoms with Gasteiger partial charge in [-0.2, -0.15) is 0 Å². The SMILES string of the molecule is Fc1cnc(=S)[nH]c1-c1ccc2cccnc2c1. The quantitative estimate of drug-likeness (QED) is 0.678. The average molecular weight is 257 g/mol. The lowest BCUT2D eigenvalue weighted by atomic mass is 10.1. The summed E-state index contributed by atoms with van der Waals surface area (Å²) in [4.78, 5) is 10.7. The van der Waals surface area contributed by atoms with Gasteiger partial charge in [0.05, 0.1) is 17.4 Å². The highest BCUT2D eigenvalue weighted by Gasteiger charge is 2.06. The Balaban J connectivity index is 2.25. The Bertz CT molecular complexity index is 782. The molecule has 0 aliphatic heterocycles. The molecule has 0 spiro atoms. The number of benzene rings is 1. The number of H-pyrrole nitrogens is 1. The van der Waals surface area contributed by atoms with E-state index in [1.165, 1.54) is 0 Å². The van der Waals surface area contributed by atoms with Crippen molar-refractivity contribution in [2.45, 2.75) is 0 Å². The molecule has 0 aliphatic rings. The highest BCUT2D eigenvalue weighted by molar-refractivity contribution is 7.71. The van der Waals surface area contributed by atoms with Gasteiger partial charge in [0.15, 0.2) is 10.6 Å². The third-order valence-corrected chi connectivity index (χ3v) is 2.87. The Morgan fingerprint density at radius 1 is 1.17 bits per heavy atom. The first kappa shape index (κ1) is 11.0. The zero-order valence-electron chi connectivity index (χ0n) is 9.22. The summed E-state index contributed by atoms with van der Waals surface area (Å²) >= 11 is 4.91. The van der Waals surface area contributed by atoms with Crippen molar-refractivity contribution in [2.75, 3.05) is 0 Å². The van der Waals surface area contributed by atoms with E-state index in [1.807, 2.05) is 30.3 Å². The minimum Gasteiger partial charge on any atom is -0.328 e. The van der Waals surface area contributed by atoms with Crippen molar-refractivity contribution < 1.29 is 4.39 Å². The first-order valence-electron chi connectivity index (χ1n) is 5.34.